The van der Waals surface area contributed by atoms with Crippen LogP contribution in [-0.2, 0) is 14.6 Å². The van der Waals surface area contributed by atoms with E-state index in [0.29, 0.717) is 19.4 Å². The molecule has 1 amide bonds. The SMILES string of the molecule is CN1CC2(CCS(=O)(=O)CC2)OC(=O)N1. The van der Waals surface area contributed by atoms with Crippen LogP contribution in [0, 0.1) is 0 Å². The van der Waals surface area contributed by atoms with Crippen LogP contribution >= 0.6 is 0 Å². The second-order valence-electron chi connectivity index (χ2n) is 4.19. The molecule has 1 N–H and O–H groups in total. The Morgan fingerprint density at radius 2 is 2.00 bits per heavy atom. The van der Waals surface area contributed by atoms with Crippen LogP contribution in [0.5, 0.6) is 0 Å². The third-order valence-corrected chi connectivity index (χ3v) is 4.51. The minimum absolute atomic E-state index is 0.105. The molecule has 0 unspecified atom stereocenters. The number of carbonyl (C=O) groups excluding carboxylic acids is 1. The van der Waals surface area contributed by atoms with Gasteiger partial charge in [0.2, 0.25) is 0 Å². The molecule has 2 saturated heterocycles. The number of nitrogens with zero attached hydrogens (tertiary/aromatic N) is 1. The Hall–Kier alpha value is -0.820. The Labute approximate surface area is 88.5 Å². The molecule has 6 nitrogen and oxygen atoms in total. The van der Waals surface area contributed by atoms with Gasteiger partial charge in [-0.25, -0.2) is 18.2 Å². The van der Waals surface area contributed by atoms with Gasteiger partial charge in [-0.1, -0.05) is 0 Å². The van der Waals surface area contributed by atoms with Gasteiger partial charge >= 0.3 is 6.09 Å². The lowest BCUT2D eigenvalue weighted by atomic mass is 9.96. The molecule has 0 radical (unpaired) electrons. The molecule has 0 aromatic heterocycles. The van der Waals surface area contributed by atoms with Crippen molar-refractivity contribution >= 4 is 15.9 Å². The Balaban J connectivity index is 2.12. The molecule has 2 aliphatic heterocycles. The minimum atomic E-state index is -2.92. The molecular formula is C8H14N2O4S. The van der Waals surface area contributed by atoms with Gasteiger partial charge in [0.25, 0.3) is 0 Å². The first kappa shape index (κ1) is 10.7. The molecule has 2 rings (SSSR count). The van der Waals surface area contributed by atoms with Crippen molar-refractivity contribution in [2.75, 3.05) is 25.1 Å². The van der Waals surface area contributed by atoms with Crippen molar-refractivity contribution in [2.24, 2.45) is 0 Å². The zero-order valence-electron chi connectivity index (χ0n) is 8.52. The summed E-state index contributed by atoms with van der Waals surface area (Å²) in [6, 6.07) is 0. The summed E-state index contributed by atoms with van der Waals surface area (Å²) >= 11 is 0. The van der Waals surface area contributed by atoms with Crippen LogP contribution in [0.1, 0.15) is 12.8 Å². The molecule has 0 aromatic rings. The monoisotopic (exact) mass is 234 g/mol. The van der Waals surface area contributed by atoms with Crippen molar-refractivity contribution in [3.05, 3.63) is 0 Å². The van der Waals surface area contributed by atoms with Gasteiger partial charge in [-0.15, -0.1) is 0 Å². The first-order chi connectivity index (χ1) is 6.91. The molecule has 15 heavy (non-hydrogen) atoms. The fraction of sp³-hybridized carbons (Fsp3) is 0.875. The van der Waals surface area contributed by atoms with Crippen molar-refractivity contribution in [3.63, 3.8) is 0 Å². The van der Waals surface area contributed by atoms with Crippen molar-refractivity contribution in [1.29, 1.82) is 0 Å². The first-order valence-electron chi connectivity index (χ1n) is 4.82. The summed E-state index contributed by atoms with van der Waals surface area (Å²) in [7, 11) is -1.18. The predicted octanol–water partition coefficient (Wildman–Crippen LogP) is -0.480. The summed E-state index contributed by atoms with van der Waals surface area (Å²) < 4.78 is 27.8. The lowest BCUT2D eigenvalue weighted by molar-refractivity contribution is -0.0653. The topological polar surface area (TPSA) is 75.7 Å². The molecular weight excluding hydrogens is 220 g/mol. The quantitative estimate of drug-likeness (QED) is 0.612. The molecule has 2 fully saturated rings. The molecule has 0 atom stereocenters. The fourth-order valence-corrected chi connectivity index (χ4v) is 3.62. The molecule has 7 heteroatoms. The van der Waals surface area contributed by atoms with Crippen molar-refractivity contribution in [1.82, 2.24) is 10.4 Å². The molecule has 0 aliphatic carbocycles. The summed E-state index contributed by atoms with van der Waals surface area (Å²) in [5, 5.41) is 1.64. The van der Waals surface area contributed by atoms with Gasteiger partial charge in [-0.05, 0) is 0 Å². The zero-order valence-corrected chi connectivity index (χ0v) is 9.34. The van der Waals surface area contributed by atoms with E-state index in [1.807, 2.05) is 0 Å². The number of likely N-dealkylation sites (N-methyl/N-ethyl adjacent to an activating group) is 1. The number of hydrogen-bond donors (Lipinski definition) is 1. The van der Waals surface area contributed by atoms with Crippen LogP contribution in [-0.4, -0.2) is 50.2 Å². The zero-order chi connectivity index (χ0) is 11.1. The number of hydrogen-bond acceptors (Lipinski definition) is 5. The van der Waals surface area contributed by atoms with E-state index in [9.17, 15) is 13.2 Å². The summed E-state index contributed by atoms with van der Waals surface area (Å²) in [5.41, 5.74) is 1.89. The molecule has 2 heterocycles. The maximum Gasteiger partial charge on any atom is 0.422 e. The van der Waals surface area contributed by atoms with Gasteiger partial charge in [-0.2, -0.15) is 0 Å². The maximum atomic E-state index is 11.3. The van der Waals surface area contributed by atoms with E-state index in [2.05, 4.69) is 5.43 Å². The summed E-state index contributed by atoms with van der Waals surface area (Å²) in [4.78, 5) is 11.2. The van der Waals surface area contributed by atoms with E-state index >= 15 is 0 Å². The van der Waals surface area contributed by atoms with Gasteiger partial charge in [-0.3, -0.25) is 5.43 Å². The highest BCUT2D eigenvalue weighted by atomic mass is 32.2. The Bertz CT molecular complexity index is 364. The maximum absolute atomic E-state index is 11.3. The van der Waals surface area contributed by atoms with Crippen LogP contribution in [0.3, 0.4) is 0 Å². The predicted molar refractivity (Wildman–Crippen MR) is 52.9 cm³/mol. The average Bonchev–Trinajstić information content (AvgIpc) is 2.10. The summed E-state index contributed by atoms with van der Waals surface area (Å²) in [6.45, 7) is 0.536. The largest absolute Gasteiger partial charge is 0.440 e. The highest BCUT2D eigenvalue weighted by Crippen LogP contribution is 2.30. The van der Waals surface area contributed by atoms with Crippen molar-refractivity contribution in [2.45, 2.75) is 18.4 Å². The Morgan fingerprint density at radius 3 is 2.53 bits per heavy atom. The van der Waals surface area contributed by atoms with Crippen LogP contribution in [0.4, 0.5) is 4.79 Å². The molecule has 0 aromatic carbocycles. The number of ether oxygens (including phenoxy) is 1. The molecule has 0 saturated carbocycles. The van der Waals surface area contributed by atoms with Crippen LogP contribution < -0.4 is 5.43 Å². The van der Waals surface area contributed by atoms with Crippen LogP contribution in [0.15, 0.2) is 0 Å². The first-order valence-corrected chi connectivity index (χ1v) is 6.64. The Kier molecular flexibility index (Phi) is 2.38. The van der Waals surface area contributed by atoms with Gasteiger partial charge < -0.3 is 4.74 Å². The van der Waals surface area contributed by atoms with Gasteiger partial charge in [0.15, 0.2) is 9.84 Å². The third-order valence-electron chi connectivity index (χ3n) is 2.85. The van der Waals surface area contributed by atoms with Crippen molar-refractivity contribution in [3.8, 4) is 0 Å². The standard InChI is InChI=1S/C8H14N2O4S/c1-10-6-8(14-7(11)9-10)2-4-15(12,13)5-3-8/h2-6H2,1H3,(H,9,11). The van der Waals surface area contributed by atoms with E-state index in [-0.39, 0.29) is 11.5 Å². The number of hydrazine groups is 1. The highest BCUT2D eigenvalue weighted by molar-refractivity contribution is 7.91. The number of carbonyl (C=O) groups is 1. The molecule has 1 spiro atoms. The summed E-state index contributed by atoms with van der Waals surface area (Å²) in [5.74, 6) is 0.211. The van der Waals surface area contributed by atoms with Crippen molar-refractivity contribution < 1.29 is 17.9 Å². The minimum Gasteiger partial charge on any atom is -0.440 e. The number of sulfone groups is 1. The Morgan fingerprint density at radius 1 is 1.40 bits per heavy atom. The number of rotatable bonds is 0. The van der Waals surface area contributed by atoms with Crippen LogP contribution in [0.2, 0.25) is 0 Å². The average molecular weight is 234 g/mol. The fourth-order valence-electron chi connectivity index (χ4n) is 2.05. The molecule has 2 aliphatic rings. The van der Waals surface area contributed by atoms with Gasteiger partial charge in [0.05, 0.1) is 18.1 Å². The van der Waals surface area contributed by atoms with E-state index < -0.39 is 21.5 Å². The lowest BCUT2D eigenvalue weighted by Crippen LogP contribution is -2.60. The summed E-state index contributed by atoms with van der Waals surface area (Å²) in [6.07, 6.45) is 0.295. The van der Waals surface area contributed by atoms with E-state index in [1.165, 1.54) is 0 Å². The highest BCUT2D eigenvalue weighted by Gasteiger charge is 2.44. The molecule has 0 bridgehead atoms. The normalized spacial score (nSPS) is 29.5. The second-order valence-corrected chi connectivity index (χ2v) is 6.50. The van der Waals surface area contributed by atoms with E-state index in [0.717, 1.165) is 0 Å². The van der Waals surface area contributed by atoms with E-state index in [4.69, 9.17) is 4.74 Å². The third kappa shape index (κ3) is 2.23. The smallest absolute Gasteiger partial charge is 0.422 e. The van der Waals surface area contributed by atoms with Gasteiger partial charge in [0, 0.05) is 19.9 Å². The lowest BCUT2D eigenvalue weighted by Gasteiger charge is -2.42. The molecule has 86 valence electrons. The number of amides is 1. The van der Waals surface area contributed by atoms with Gasteiger partial charge in [0.1, 0.15) is 5.60 Å². The van der Waals surface area contributed by atoms with E-state index in [1.54, 1.807) is 12.1 Å². The van der Waals surface area contributed by atoms with Crippen LogP contribution in [0.25, 0.3) is 0 Å². The second kappa shape index (κ2) is 3.34. The number of nitrogens with one attached hydrogen (secondary N) is 1.